The molecule has 3 rings (SSSR count). The molecule has 1 aromatic rings. The van der Waals surface area contributed by atoms with E-state index < -0.39 is 17.5 Å². The number of hydrazine groups is 1. The first-order valence-corrected chi connectivity index (χ1v) is 8.53. The van der Waals surface area contributed by atoms with E-state index >= 15 is 0 Å². The molecule has 2 saturated heterocycles. The van der Waals surface area contributed by atoms with Gasteiger partial charge in [-0.1, -0.05) is 23.2 Å². The fraction of sp³-hybridized carbons (Fsp3) is 0.333. The third-order valence-electron chi connectivity index (χ3n) is 4.15. The zero-order chi connectivity index (χ0) is 18.5. The number of carbonyl (C=O) groups is 3. The van der Waals surface area contributed by atoms with E-state index in [1.807, 2.05) is 0 Å². The van der Waals surface area contributed by atoms with Gasteiger partial charge in [-0.15, -0.1) is 0 Å². The molecule has 1 aromatic carbocycles. The van der Waals surface area contributed by atoms with E-state index in [4.69, 9.17) is 35.4 Å². The summed E-state index contributed by atoms with van der Waals surface area (Å²) in [5.41, 5.74) is -0.805. The minimum absolute atomic E-state index is 0.0367. The summed E-state index contributed by atoms with van der Waals surface area (Å²) in [6.07, 6.45) is -0.109. The molecule has 1 atom stereocenters. The third-order valence-corrected chi connectivity index (χ3v) is 4.98. The predicted molar refractivity (Wildman–Crippen MR) is 97.0 cm³/mol. The van der Waals surface area contributed by atoms with E-state index in [2.05, 4.69) is 10.6 Å². The van der Waals surface area contributed by atoms with Crippen LogP contribution in [0, 0.1) is 0 Å². The Hall–Kier alpha value is -1.74. The Morgan fingerprint density at radius 3 is 2.72 bits per heavy atom. The normalized spacial score (nSPS) is 22.6. The number of hydrogen-bond acceptors (Lipinski definition) is 5. The Bertz CT molecular complexity index is 814. The lowest BCUT2D eigenvalue weighted by Crippen LogP contribution is -2.71. The van der Waals surface area contributed by atoms with Crippen LogP contribution in [0.1, 0.15) is 20.3 Å². The Morgan fingerprint density at radius 2 is 2.04 bits per heavy atom. The summed E-state index contributed by atoms with van der Waals surface area (Å²) in [5.74, 6) is -1.23. The first-order valence-electron chi connectivity index (χ1n) is 7.36. The molecule has 10 heteroatoms. The summed E-state index contributed by atoms with van der Waals surface area (Å²) < 4.78 is 0. The highest BCUT2D eigenvalue weighted by molar-refractivity contribution is 7.80. The lowest BCUT2D eigenvalue weighted by atomic mass is 10.00. The van der Waals surface area contributed by atoms with Crippen LogP contribution in [0.2, 0.25) is 10.0 Å². The van der Waals surface area contributed by atoms with E-state index in [-0.39, 0.29) is 23.3 Å². The van der Waals surface area contributed by atoms with Crippen molar-refractivity contribution in [1.82, 2.24) is 15.3 Å². The second-order valence-electron chi connectivity index (χ2n) is 6.20. The maximum Gasteiger partial charge on any atom is 0.248 e. The zero-order valence-corrected chi connectivity index (χ0v) is 15.6. The van der Waals surface area contributed by atoms with Crippen molar-refractivity contribution in [3.05, 3.63) is 28.2 Å². The molecule has 0 aromatic heterocycles. The van der Waals surface area contributed by atoms with Crippen LogP contribution in [-0.2, 0) is 14.4 Å². The number of thiocarbonyl (C=S) groups is 1. The summed E-state index contributed by atoms with van der Waals surface area (Å²) >= 11 is 17.1. The zero-order valence-electron chi connectivity index (χ0n) is 13.3. The molecule has 7 nitrogen and oxygen atoms in total. The Labute approximate surface area is 159 Å². The van der Waals surface area contributed by atoms with E-state index in [9.17, 15) is 14.4 Å². The number of anilines is 1. The number of carbonyl (C=O) groups excluding carboxylic acids is 3. The quantitative estimate of drug-likeness (QED) is 0.741. The molecule has 0 saturated carbocycles. The van der Waals surface area contributed by atoms with Crippen LogP contribution in [0.25, 0.3) is 0 Å². The SMILES string of the molecule is CC1(C)C(=O)NC(=S)N2C(=O)CC(C(=O)Nc3cc(Cl)ccc3Cl)N21. The highest BCUT2D eigenvalue weighted by Crippen LogP contribution is 2.33. The fourth-order valence-corrected chi connectivity index (χ4v) is 3.49. The minimum atomic E-state index is -1.13. The molecule has 132 valence electrons. The van der Waals surface area contributed by atoms with Crippen molar-refractivity contribution in [2.75, 3.05) is 5.32 Å². The summed E-state index contributed by atoms with van der Waals surface area (Å²) in [5, 5.41) is 8.40. The molecule has 3 amide bonds. The van der Waals surface area contributed by atoms with E-state index in [1.165, 1.54) is 16.1 Å². The number of hydrogen-bond donors (Lipinski definition) is 2. The molecule has 0 spiro atoms. The predicted octanol–water partition coefficient (Wildman–Crippen LogP) is 1.94. The Kier molecular flexibility index (Phi) is 4.48. The van der Waals surface area contributed by atoms with Gasteiger partial charge >= 0.3 is 0 Å². The van der Waals surface area contributed by atoms with Crippen molar-refractivity contribution in [2.45, 2.75) is 31.8 Å². The monoisotopic (exact) mass is 400 g/mol. The second kappa shape index (κ2) is 6.21. The lowest BCUT2D eigenvalue weighted by Gasteiger charge is -2.45. The summed E-state index contributed by atoms with van der Waals surface area (Å²) in [4.78, 5) is 37.3. The topological polar surface area (TPSA) is 81.8 Å². The van der Waals surface area contributed by atoms with Crippen LogP contribution < -0.4 is 10.6 Å². The number of nitrogens with zero attached hydrogens (tertiary/aromatic N) is 2. The van der Waals surface area contributed by atoms with Gasteiger partial charge in [0, 0.05) is 5.02 Å². The first-order chi connectivity index (χ1) is 11.6. The van der Waals surface area contributed by atoms with Gasteiger partial charge < -0.3 is 5.32 Å². The number of benzene rings is 1. The number of rotatable bonds is 2. The molecule has 0 aliphatic carbocycles. The molecule has 0 bridgehead atoms. The van der Waals surface area contributed by atoms with Crippen LogP contribution in [-0.4, -0.2) is 44.4 Å². The lowest BCUT2D eigenvalue weighted by molar-refractivity contribution is -0.154. The second-order valence-corrected chi connectivity index (χ2v) is 7.43. The number of halogens is 2. The van der Waals surface area contributed by atoms with E-state index in [1.54, 1.807) is 26.0 Å². The van der Waals surface area contributed by atoms with E-state index in [0.717, 1.165) is 0 Å². The van der Waals surface area contributed by atoms with Gasteiger partial charge in [0.05, 0.1) is 17.1 Å². The first kappa shape index (κ1) is 18.1. The van der Waals surface area contributed by atoms with Gasteiger partial charge in [0.25, 0.3) is 0 Å². The molecule has 2 N–H and O–H groups in total. The highest BCUT2D eigenvalue weighted by Gasteiger charge is 2.56. The Morgan fingerprint density at radius 1 is 1.36 bits per heavy atom. The standard InChI is InChI=1S/C15H14Cl2N4O3S/c1-15(2)13(24)19-14(25)20-11(22)6-10(21(15)20)12(23)18-9-5-7(16)3-4-8(9)17/h3-5,10H,6H2,1-2H3,(H,18,23)(H,19,24,25). The molecule has 2 aliphatic rings. The van der Waals surface area contributed by atoms with Crippen LogP contribution in [0.5, 0.6) is 0 Å². The van der Waals surface area contributed by atoms with Crippen molar-refractivity contribution in [3.8, 4) is 0 Å². The van der Waals surface area contributed by atoms with Gasteiger partial charge in [0.15, 0.2) is 5.11 Å². The van der Waals surface area contributed by atoms with Gasteiger partial charge in [0.1, 0.15) is 11.6 Å². The largest absolute Gasteiger partial charge is 0.323 e. The average Bonchev–Trinajstić information content (AvgIpc) is 2.88. The van der Waals surface area contributed by atoms with Crippen molar-refractivity contribution < 1.29 is 14.4 Å². The molecule has 2 heterocycles. The van der Waals surface area contributed by atoms with Gasteiger partial charge in [-0.25, -0.2) is 5.01 Å². The van der Waals surface area contributed by atoms with Crippen LogP contribution >= 0.6 is 35.4 Å². The van der Waals surface area contributed by atoms with Crippen molar-refractivity contribution in [2.24, 2.45) is 0 Å². The number of fused-ring (bicyclic) bond motifs is 1. The molecule has 1 unspecified atom stereocenters. The molecule has 2 fully saturated rings. The fourth-order valence-electron chi connectivity index (χ4n) is 2.87. The van der Waals surface area contributed by atoms with Gasteiger partial charge in [-0.2, -0.15) is 5.01 Å². The van der Waals surface area contributed by atoms with Gasteiger partial charge in [0.2, 0.25) is 17.7 Å². The Balaban J connectivity index is 1.92. The average molecular weight is 401 g/mol. The van der Waals surface area contributed by atoms with Crippen LogP contribution in [0.15, 0.2) is 18.2 Å². The molecular formula is C15H14Cl2N4O3S. The minimum Gasteiger partial charge on any atom is -0.323 e. The number of amides is 3. The maximum atomic E-state index is 12.8. The highest BCUT2D eigenvalue weighted by atomic mass is 35.5. The smallest absolute Gasteiger partial charge is 0.248 e. The van der Waals surface area contributed by atoms with Crippen LogP contribution in [0.3, 0.4) is 0 Å². The number of nitrogens with one attached hydrogen (secondary N) is 2. The van der Waals surface area contributed by atoms with Crippen LogP contribution in [0.4, 0.5) is 5.69 Å². The third kappa shape index (κ3) is 2.99. The maximum absolute atomic E-state index is 12.8. The summed E-state index contributed by atoms with van der Waals surface area (Å²) in [6, 6.07) is 3.76. The molecule has 0 radical (unpaired) electrons. The van der Waals surface area contributed by atoms with Crippen molar-refractivity contribution in [1.29, 1.82) is 0 Å². The molecular weight excluding hydrogens is 387 g/mol. The van der Waals surface area contributed by atoms with Crippen molar-refractivity contribution in [3.63, 3.8) is 0 Å². The van der Waals surface area contributed by atoms with Gasteiger partial charge in [-0.05, 0) is 44.3 Å². The molecule has 2 aliphatic heterocycles. The summed E-state index contributed by atoms with van der Waals surface area (Å²) in [7, 11) is 0. The van der Waals surface area contributed by atoms with Crippen molar-refractivity contribution >= 4 is 63.9 Å². The van der Waals surface area contributed by atoms with Gasteiger partial charge in [-0.3, -0.25) is 19.7 Å². The molecule has 25 heavy (non-hydrogen) atoms. The summed E-state index contributed by atoms with van der Waals surface area (Å²) in [6.45, 7) is 3.23. The van der Waals surface area contributed by atoms with E-state index in [0.29, 0.717) is 15.7 Å².